The Morgan fingerprint density at radius 2 is 1.83 bits per heavy atom. The van der Waals surface area contributed by atoms with Gasteiger partial charge in [0.15, 0.2) is 0 Å². The molecular weight excluding hydrogens is 240 g/mol. The van der Waals surface area contributed by atoms with E-state index >= 15 is 0 Å². The van der Waals surface area contributed by atoms with Crippen molar-refractivity contribution in [2.75, 3.05) is 0 Å². The number of nitro benzene ring substituents is 1. The number of hydrogen-bond acceptors (Lipinski definition) is 4. The van der Waals surface area contributed by atoms with Gasteiger partial charge in [-0.3, -0.25) is 19.7 Å². The number of nitrogens with zero attached hydrogens (tertiary/aromatic N) is 1. The fourth-order valence-electron chi connectivity index (χ4n) is 1.25. The van der Waals surface area contributed by atoms with Gasteiger partial charge in [-0.25, -0.2) is 0 Å². The number of non-ortho nitro benzene ring substituents is 1. The Morgan fingerprint density at radius 1 is 1.22 bits per heavy atom. The lowest BCUT2D eigenvalue weighted by molar-refractivity contribution is -0.384. The summed E-state index contributed by atoms with van der Waals surface area (Å²) in [6.45, 7) is 0.219. The number of aliphatic carboxylic acids is 1. The largest absolute Gasteiger partial charge is 0.481 e. The molecular formula is C11H12N2O5. The van der Waals surface area contributed by atoms with E-state index in [-0.39, 0.29) is 31.0 Å². The Bertz CT molecular complexity index is 455. The molecule has 7 heteroatoms. The molecule has 1 amide bonds. The minimum atomic E-state index is -1.03. The van der Waals surface area contributed by atoms with Crippen molar-refractivity contribution in [1.82, 2.24) is 5.32 Å². The van der Waals surface area contributed by atoms with Crippen LogP contribution in [0.2, 0.25) is 0 Å². The van der Waals surface area contributed by atoms with Crippen molar-refractivity contribution >= 4 is 17.6 Å². The lowest BCUT2D eigenvalue weighted by atomic mass is 10.2. The minimum absolute atomic E-state index is 0.0176. The van der Waals surface area contributed by atoms with Gasteiger partial charge >= 0.3 is 5.97 Å². The molecule has 0 unspecified atom stereocenters. The second-order valence-corrected chi connectivity index (χ2v) is 3.59. The number of hydrogen-bond donors (Lipinski definition) is 2. The molecule has 0 atom stereocenters. The van der Waals surface area contributed by atoms with Crippen molar-refractivity contribution in [3.8, 4) is 0 Å². The molecule has 0 bridgehead atoms. The van der Waals surface area contributed by atoms with Gasteiger partial charge in [0.1, 0.15) is 0 Å². The van der Waals surface area contributed by atoms with E-state index in [9.17, 15) is 19.7 Å². The van der Waals surface area contributed by atoms with E-state index in [2.05, 4.69) is 5.32 Å². The quantitative estimate of drug-likeness (QED) is 0.581. The molecule has 0 radical (unpaired) electrons. The van der Waals surface area contributed by atoms with Gasteiger partial charge in [-0.05, 0) is 5.56 Å². The van der Waals surface area contributed by atoms with Crippen LogP contribution in [0.25, 0.3) is 0 Å². The zero-order chi connectivity index (χ0) is 13.5. The van der Waals surface area contributed by atoms with Gasteiger partial charge in [0.05, 0.1) is 11.3 Å². The lowest BCUT2D eigenvalue weighted by Gasteiger charge is -2.04. The first-order chi connectivity index (χ1) is 8.49. The van der Waals surface area contributed by atoms with E-state index in [1.807, 2.05) is 0 Å². The first kappa shape index (κ1) is 13.6. The standard InChI is InChI=1S/C11H12N2O5/c14-10(5-6-11(15)16)12-7-8-1-3-9(4-2-8)13(17)18/h1-4H,5-7H2,(H,12,14)(H,15,16). The zero-order valence-electron chi connectivity index (χ0n) is 9.46. The van der Waals surface area contributed by atoms with Crippen molar-refractivity contribution in [3.63, 3.8) is 0 Å². The number of carboxylic acid groups (broad SMARTS) is 1. The molecule has 1 aromatic carbocycles. The molecule has 0 aliphatic rings. The highest BCUT2D eigenvalue weighted by Crippen LogP contribution is 2.11. The number of benzene rings is 1. The minimum Gasteiger partial charge on any atom is -0.481 e. The number of carbonyl (C=O) groups is 2. The zero-order valence-corrected chi connectivity index (χ0v) is 9.46. The highest BCUT2D eigenvalue weighted by Gasteiger charge is 2.06. The summed E-state index contributed by atoms with van der Waals surface area (Å²) in [5, 5.41) is 21.3. The molecule has 0 aromatic heterocycles. The number of carbonyl (C=O) groups excluding carboxylic acids is 1. The maximum atomic E-state index is 11.2. The van der Waals surface area contributed by atoms with Gasteiger partial charge < -0.3 is 10.4 Å². The van der Waals surface area contributed by atoms with Crippen LogP contribution < -0.4 is 5.32 Å². The van der Waals surface area contributed by atoms with E-state index < -0.39 is 10.9 Å². The SMILES string of the molecule is O=C(O)CCC(=O)NCc1ccc([N+](=O)[O-])cc1. The van der Waals surface area contributed by atoms with Crippen LogP contribution in [0.5, 0.6) is 0 Å². The van der Waals surface area contributed by atoms with Crippen molar-refractivity contribution in [3.05, 3.63) is 39.9 Å². The summed E-state index contributed by atoms with van der Waals surface area (Å²) < 4.78 is 0. The lowest BCUT2D eigenvalue weighted by Crippen LogP contribution is -2.23. The van der Waals surface area contributed by atoms with E-state index in [4.69, 9.17) is 5.11 Å². The van der Waals surface area contributed by atoms with Crippen molar-refractivity contribution in [2.45, 2.75) is 19.4 Å². The van der Waals surface area contributed by atoms with Crippen LogP contribution in [0, 0.1) is 10.1 Å². The molecule has 0 aliphatic carbocycles. The van der Waals surface area contributed by atoms with Gasteiger partial charge in [0, 0.05) is 25.1 Å². The van der Waals surface area contributed by atoms with Crippen LogP contribution in [-0.4, -0.2) is 21.9 Å². The van der Waals surface area contributed by atoms with Crippen LogP contribution in [0.3, 0.4) is 0 Å². The molecule has 0 saturated heterocycles. The first-order valence-corrected chi connectivity index (χ1v) is 5.21. The first-order valence-electron chi connectivity index (χ1n) is 5.21. The molecule has 0 saturated carbocycles. The summed E-state index contributed by atoms with van der Waals surface area (Å²) in [5.74, 6) is -1.39. The van der Waals surface area contributed by atoms with E-state index in [0.29, 0.717) is 5.56 Å². The van der Waals surface area contributed by atoms with Gasteiger partial charge in [0.25, 0.3) is 5.69 Å². The van der Waals surface area contributed by atoms with Crippen molar-refractivity contribution < 1.29 is 19.6 Å². The molecule has 18 heavy (non-hydrogen) atoms. The fourth-order valence-corrected chi connectivity index (χ4v) is 1.25. The summed E-state index contributed by atoms with van der Waals surface area (Å²) in [6, 6.07) is 5.77. The topological polar surface area (TPSA) is 110 Å². The Kier molecular flexibility index (Phi) is 4.79. The van der Waals surface area contributed by atoms with Crippen LogP contribution in [0.1, 0.15) is 18.4 Å². The average Bonchev–Trinajstić information content (AvgIpc) is 2.34. The Labute approximate surface area is 103 Å². The third-order valence-corrected chi connectivity index (χ3v) is 2.20. The molecule has 96 valence electrons. The molecule has 1 aromatic rings. The number of amides is 1. The molecule has 0 spiro atoms. The molecule has 0 fully saturated rings. The number of nitrogens with one attached hydrogen (secondary N) is 1. The molecule has 0 aliphatic heterocycles. The van der Waals surface area contributed by atoms with Crippen LogP contribution in [0.4, 0.5) is 5.69 Å². The van der Waals surface area contributed by atoms with Crippen molar-refractivity contribution in [2.24, 2.45) is 0 Å². The predicted molar refractivity (Wildman–Crippen MR) is 61.8 cm³/mol. The van der Waals surface area contributed by atoms with Gasteiger partial charge in [-0.2, -0.15) is 0 Å². The molecule has 7 nitrogen and oxygen atoms in total. The van der Waals surface area contributed by atoms with E-state index in [1.54, 1.807) is 0 Å². The highest BCUT2D eigenvalue weighted by molar-refractivity contribution is 5.80. The van der Waals surface area contributed by atoms with Crippen LogP contribution in [-0.2, 0) is 16.1 Å². The Hall–Kier alpha value is -2.44. The summed E-state index contributed by atoms with van der Waals surface area (Å²) in [7, 11) is 0. The normalized spacial score (nSPS) is 9.78. The smallest absolute Gasteiger partial charge is 0.303 e. The molecule has 1 rings (SSSR count). The second kappa shape index (κ2) is 6.33. The second-order valence-electron chi connectivity index (χ2n) is 3.59. The number of carboxylic acids is 1. The number of nitro groups is 1. The summed E-state index contributed by atoms with van der Waals surface area (Å²) in [5.41, 5.74) is 0.695. The monoisotopic (exact) mass is 252 g/mol. The van der Waals surface area contributed by atoms with Gasteiger partial charge in [0.2, 0.25) is 5.91 Å². The summed E-state index contributed by atoms with van der Waals surface area (Å²) >= 11 is 0. The Morgan fingerprint density at radius 3 is 2.33 bits per heavy atom. The maximum absolute atomic E-state index is 11.2. The predicted octanol–water partition coefficient (Wildman–Crippen LogP) is 1.08. The van der Waals surface area contributed by atoms with E-state index in [1.165, 1.54) is 24.3 Å². The van der Waals surface area contributed by atoms with Crippen LogP contribution >= 0.6 is 0 Å². The molecule has 2 N–H and O–H groups in total. The maximum Gasteiger partial charge on any atom is 0.303 e. The number of rotatable bonds is 6. The fraction of sp³-hybridized carbons (Fsp3) is 0.273. The van der Waals surface area contributed by atoms with Gasteiger partial charge in [-0.15, -0.1) is 0 Å². The van der Waals surface area contributed by atoms with Gasteiger partial charge in [-0.1, -0.05) is 12.1 Å². The van der Waals surface area contributed by atoms with E-state index in [0.717, 1.165) is 0 Å². The average molecular weight is 252 g/mol. The third kappa shape index (κ3) is 4.60. The third-order valence-electron chi connectivity index (χ3n) is 2.20. The van der Waals surface area contributed by atoms with Crippen molar-refractivity contribution in [1.29, 1.82) is 0 Å². The van der Waals surface area contributed by atoms with Crippen LogP contribution in [0.15, 0.2) is 24.3 Å². The summed E-state index contributed by atoms with van der Waals surface area (Å²) in [4.78, 5) is 31.4. The Balaban J connectivity index is 2.41. The highest BCUT2D eigenvalue weighted by atomic mass is 16.6. The summed E-state index contributed by atoms with van der Waals surface area (Å²) in [6.07, 6.45) is -0.297. The molecule has 0 heterocycles.